The molecule has 0 aliphatic rings. The molecule has 2 rings (SSSR count). The maximum atomic E-state index is 12.7. The molecule has 0 spiro atoms. The van der Waals surface area contributed by atoms with Crippen LogP contribution in [-0.4, -0.2) is 18.4 Å². The summed E-state index contributed by atoms with van der Waals surface area (Å²) in [7, 11) is 0. The Kier molecular flexibility index (Phi) is 4.53. The highest BCUT2D eigenvalue weighted by Crippen LogP contribution is 2.22. The highest BCUT2D eigenvalue weighted by molar-refractivity contribution is 6.15. The van der Waals surface area contributed by atoms with Gasteiger partial charge in [-0.15, -0.1) is 0 Å². The molecule has 0 aliphatic carbocycles. The highest BCUT2D eigenvalue weighted by Gasteiger charge is 2.21. The van der Waals surface area contributed by atoms with Gasteiger partial charge in [0, 0.05) is 11.1 Å². The number of hydrogen-bond acceptors (Lipinski definition) is 3. The Morgan fingerprint density at radius 2 is 1.71 bits per heavy atom. The van der Waals surface area contributed by atoms with Crippen LogP contribution in [0.5, 0.6) is 0 Å². The van der Waals surface area contributed by atoms with Crippen LogP contribution in [-0.2, 0) is 4.74 Å². The number of esters is 1. The zero-order valence-electron chi connectivity index (χ0n) is 12.5. The van der Waals surface area contributed by atoms with Crippen molar-refractivity contribution < 1.29 is 14.3 Å². The molecule has 0 amide bonds. The molecule has 21 heavy (non-hydrogen) atoms. The van der Waals surface area contributed by atoms with Gasteiger partial charge in [-0.05, 0) is 38.0 Å². The third-order valence-corrected chi connectivity index (χ3v) is 3.24. The molecule has 0 fully saturated rings. The number of ketones is 1. The number of carbonyl (C=O) groups is 2. The maximum Gasteiger partial charge on any atom is 0.338 e. The average Bonchev–Trinajstić information content (AvgIpc) is 2.47. The smallest absolute Gasteiger partial charge is 0.338 e. The Balaban J connectivity index is 2.57. The van der Waals surface area contributed by atoms with E-state index >= 15 is 0 Å². The minimum Gasteiger partial charge on any atom is -0.462 e. The van der Waals surface area contributed by atoms with Crippen LogP contribution in [0.1, 0.15) is 44.3 Å². The van der Waals surface area contributed by atoms with E-state index in [2.05, 4.69) is 0 Å². The molecule has 0 heterocycles. The summed E-state index contributed by atoms with van der Waals surface area (Å²) in [6, 6.07) is 12.6. The summed E-state index contributed by atoms with van der Waals surface area (Å²) in [5, 5.41) is 0. The summed E-state index contributed by atoms with van der Waals surface area (Å²) in [6.45, 7) is 5.77. The van der Waals surface area contributed by atoms with E-state index in [0.29, 0.717) is 16.7 Å². The van der Waals surface area contributed by atoms with Crippen LogP contribution >= 0.6 is 0 Å². The molecule has 3 heteroatoms. The molecule has 2 aromatic carbocycles. The minimum atomic E-state index is -0.455. The second kappa shape index (κ2) is 6.35. The summed E-state index contributed by atoms with van der Waals surface area (Å²) < 4.78 is 5.07. The number of hydrogen-bond donors (Lipinski definition) is 0. The summed E-state index contributed by atoms with van der Waals surface area (Å²) in [5.41, 5.74) is 3.04. The van der Waals surface area contributed by atoms with Gasteiger partial charge in [-0.25, -0.2) is 4.79 Å². The molecule has 0 aliphatic heterocycles. The number of ether oxygens (including phenoxy) is 1. The second-order valence-electron chi connectivity index (χ2n) is 4.92. The lowest BCUT2D eigenvalue weighted by Gasteiger charge is -2.12. The third kappa shape index (κ3) is 3.19. The summed E-state index contributed by atoms with van der Waals surface area (Å²) in [5.74, 6) is -0.611. The van der Waals surface area contributed by atoms with Gasteiger partial charge in [0.05, 0.1) is 12.2 Å². The fourth-order valence-corrected chi connectivity index (χ4v) is 2.37. The standard InChI is InChI=1S/C18H18O3/c1-4-21-18(20)15-11-12(2)10-13(3)16(15)17(19)14-8-6-5-7-9-14/h5-11H,4H2,1-3H3. The quantitative estimate of drug-likeness (QED) is 0.634. The van der Waals surface area contributed by atoms with E-state index in [9.17, 15) is 9.59 Å². The predicted molar refractivity (Wildman–Crippen MR) is 81.7 cm³/mol. The Bertz CT molecular complexity index is 672. The van der Waals surface area contributed by atoms with Gasteiger partial charge < -0.3 is 4.74 Å². The topological polar surface area (TPSA) is 43.4 Å². The van der Waals surface area contributed by atoms with Crippen molar-refractivity contribution in [3.05, 3.63) is 70.3 Å². The van der Waals surface area contributed by atoms with Crippen LogP contribution in [0.3, 0.4) is 0 Å². The number of benzene rings is 2. The molecule has 0 radical (unpaired) electrons. The van der Waals surface area contributed by atoms with Gasteiger partial charge in [0.25, 0.3) is 0 Å². The van der Waals surface area contributed by atoms with E-state index in [4.69, 9.17) is 4.74 Å². The number of carbonyl (C=O) groups excluding carboxylic acids is 2. The molecule has 0 bridgehead atoms. The first kappa shape index (κ1) is 15.0. The van der Waals surface area contributed by atoms with Gasteiger partial charge in [-0.2, -0.15) is 0 Å². The monoisotopic (exact) mass is 282 g/mol. The zero-order valence-corrected chi connectivity index (χ0v) is 12.5. The Labute approximate surface area is 124 Å². The first-order chi connectivity index (χ1) is 10.0. The van der Waals surface area contributed by atoms with E-state index in [1.54, 1.807) is 37.3 Å². The largest absolute Gasteiger partial charge is 0.462 e. The van der Waals surface area contributed by atoms with Crippen LogP contribution in [0.15, 0.2) is 42.5 Å². The second-order valence-corrected chi connectivity index (χ2v) is 4.92. The van der Waals surface area contributed by atoms with Crippen molar-refractivity contribution in [3.63, 3.8) is 0 Å². The van der Waals surface area contributed by atoms with Crippen molar-refractivity contribution in [2.24, 2.45) is 0 Å². The fourth-order valence-electron chi connectivity index (χ4n) is 2.37. The number of rotatable bonds is 4. The van der Waals surface area contributed by atoms with E-state index in [1.807, 2.05) is 26.0 Å². The summed E-state index contributed by atoms with van der Waals surface area (Å²) in [4.78, 5) is 24.8. The Hall–Kier alpha value is -2.42. The Morgan fingerprint density at radius 1 is 1.05 bits per heavy atom. The van der Waals surface area contributed by atoms with Crippen molar-refractivity contribution in [2.75, 3.05) is 6.61 Å². The van der Waals surface area contributed by atoms with E-state index in [0.717, 1.165) is 11.1 Å². The minimum absolute atomic E-state index is 0.156. The summed E-state index contributed by atoms with van der Waals surface area (Å²) >= 11 is 0. The molecule has 0 saturated heterocycles. The van der Waals surface area contributed by atoms with E-state index in [1.165, 1.54) is 0 Å². The van der Waals surface area contributed by atoms with Crippen molar-refractivity contribution in [1.29, 1.82) is 0 Å². The first-order valence-corrected chi connectivity index (χ1v) is 6.92. The predicted octanol–water partition coefficient (Wildman–Crippen LogP) is 3.71. The van der Waals surface area contributed by atoms with Crippen LogP contribution in [0.2, 0.25) is 0 Å². The molecule has 0 N–H and O–H groups in total. The maximum absolute atomic E-state index is 12.7. The van der Waals surface area contributed by atoms with Gasteiger partial charge in [0.15, 0.2) is 5.78 Å². The lowest BCUT2D eigenvalue weighted by molar-refractivity contribution is 0.0523. The Morgan fingerprint density at radius 3 is 2.33 bits per heavy atom. The summed E-state index contributed by atoms with van der Waals surface area (Å²) in [6.07, 6.45) is 0. The highest BCUT2D eigenvalue weighted by atomic mass is 16.5. The van der Waals surface area contributed by atoms with Gasteiger partial charge >= 0.3 is 5.97 Å². The van der Waals surface area contributed by atoms with Crippen LogP contribution in [0.4, 0.5) is 0 Å². The van der Waals surface area contributed by atoms with Gasteiger partial charge in [-0.1, -0.05) is 36.4 Å². The molecule has 3 nitrogen and oxygen atoms in total. The molecule has 0 atom stereocenters. The average molecular weight is 282 g/mol. The van der Waals surface area contributed by atoms with Gasteiger partial charge in [0.2, 0.25) is 0 Å². The zero-order chi connectivity index (χ0) is 15.4. The van der Waals surface area contributed by atoms with Crippen molar-refractivity contribution >= 4 is 11.8 Å². The van der Waals surface area contributed by atoms with E-state index < -0.39 is 5.97 Å². The van der Waals surface area contributed by atoms with Crippen molar-refractivity contribution in [1.82, 2.24) is 0 Å². The van der Waals surface area contributed by atoms with Crippen molar-refractivity contribution in [2.45, 2.75) is 20.8 Å². The van der Waals surface area contributed by atoms with Crippen molar-refractivity contribution in [3.8, 4) is 0 Å². The third-order valence-electron chi connectivity index (χ3n) is 3.24. The molecular weight excluding hydrogens is 264 g/mol. The molecular formula is C18H18O3. The lowest BCUT2D eigenvalue weighted by Crippen LogP contribution is -2.14. The molecule has 0 saturated carbocycles. The molecule has 0 aromatic heterocycles. The fraction of sp³-hybridized carbons (Fsp3) is 0.222. The lowest BCUT2D eigenvalue weighted by atomic mass is 9.92. The van der Waals surface area contributed by atoms with Crippen LogP contribution < -0.4 is 0 Å². The van der Waals surface area contributed by atoms with Crippen LogP contribution in [0, 0.1) is 13.8 Å². The van der Waals surface area contributed by atoms with E-state index in [-0.39, 0.29) is 12.4 Å². The SMILES string of the molecule is CCOC(=O)c1cc(C)cc(C)c1C(=O)c1ccccc1. The normalized spacial score (nSPS) is 10.2. The number of aryl methyl sites for hydroxylation is 2. The molecule has 2 aromatic rings. The molecule has 0 unspecified atom stereocenters. The van der Waals surface area contributed by atoms with Gasteiger partial charge in [0.1, 0.15) is 0 Å². The first-order valence-electron chi connectivity index (χ1n) is 6.92. The molecule has 108 valence electrons. The van der Waals surface area contributed by atoms with Gasteiger partial charge in [-0.3, -0.25) is 4.79 Å². The van der Waals surface area contributed by atoms with Crippen LogP contribution in [0.25, 0.3) is 0 Å².